The fourth-order valence-corrected chi connectivity index (χ4v) is 2.37. The molecule has 134 valence electrons. The summed E-state index contributed by atoms with van der Waals surface area (Å²) >= 11 is 0. The number of aliphatic hydroxyl groups is 1. The summed E-state index contributed by atoms with van der Waals surface area (Å²) in [6.07, 6.45) is 1.43. The van der Waals surface area contributed by atoms with Crippen LogP contribution in [0.2, 0.25) is 0 Å². The van der Waals surface area contributed by atoms with Crippen LogP contribution in [-0.2, 0) is 13.7 Å². The average molecular weight is 353 g/mol. The molecular weight excluding hydrogens is 334 g/mol. The van der Waals surface area contributed by atoms with Crippen molar-refractivity contribution in [1.82, 2.24) is 25.3 Å². The second-order valence-corrected chi connectivity index (χ2v) is 5.53. The van der Waals surface area contributed by atoms with Gasteiger partial charge in [-0.05, 0) is 6.07 Å². The molecule has 0 unspecified atom stereocenters. The summed E-state index contributed by atoms with van der Waals surface area (Å²) in [6.45, 7) is 0.340. The van der Waals surface area contributed by atoms with E-state index in [4.69, 9.17) is 9.84 Å². The van der Waals surface area contributed by atoms with Crippen LogP contribution in [0.3, 0.4) is 0 Å². The van der Waals surface area contributed by atoms with Gasteiger partial charge in [0.15, 0.2) is 0 Å². The van der Waals surface area contributed by atoms with Crippen LogP contribution in [0.25, 0.3) is 11.3 Å². The first kappa shape index (κ1) is 17.6. The van der Waals surface area contributed by atoms with Gasteiger partial charge in [-0.3, -0.25) is 4.79 Å². The van der Waals surface area contributed by atoms with Crippen molar-refractivity contribution in [1.29, 1.82) is 0 Å². The molecule has 2 aromatic heterocycles. The molecule has 0 spiro atoms. The van der Waals surface area contributed by atoms with E-state index in [1.54, 1.807) is 23.9 Å². The number of amides is 1. The van der Waals surface area contributed by atoms with E-state index in [0.717, 1.165) is 17.0 Å². The first-order valence-corrected chi connectivity index (χ1v) is 8.11. The minimum absolute atomic E-state index is 0.108. The van der Waals surface area contributed by atoms with Crippen LogP contribution >= 0.6 is 0 Å². The van der Waals surface area contributed by atoms with Crippen molar-refractivity contribution in [2.75, 3.05) is 13.2 Å². The molecular formula is C18H19N5O3. The number of benzene rings is 1. The molecule has 3 rings (SSSR count). The van der Waals surface area contributed by atoms with Crippen LogP contribution in [0, 0.1) is 0 Å². The van der Waals surface area contributed by atoms with Crippen molar-refractivity contribution in [2.45, 2.75) is 6.61 Å². The lowest BCUT2D eigenvalue weighted by Gasteiger charge is -2.08. The van der Waals surface area contributed by atoms with Gasteiger partial charge >= 0.3 is 0 Å². The van der Waals surface area contributed by atoms with E-state index in [0.29, 0.717) is 11.4 Å². The number of aryl methyl sites for hydroxylation is 1. The molecule has 8 heteroatoms. The van der Waals surface area contributed by atoms with Crippen LogP contribution in [0.4, 0.5) is 0 Å². The predicted molar refractivity (Wildman–Crippen MR) is 94.4 cm³/mol. The highest BCUT2D eigenvalue weighted by Crippen LogP contribution is 2.21. The van der Waals surface area contributed by atoms with Gasteiger partial charge in [-0.2, -0.15) is 0 Å². The fraction of sp³-hybridized carbons (Fsp3) is 0.222. The first-order chi connectivity index (χ1) is 12.7. The number of pyridine rings is 1. The summed E-state index contributed by atoms with van der Waals surface area (Å²) < 4.78 is 7.39. The number of hydrogen-bond acceptors (Lipinski definition) is 6. The third-order valence-corrected chi connectivity index (χ3v) is 3.74. The van der Waals surface area contributed by atoms with Gasteiger partial charge < -0.3 is 15.2 Å². The molecule has 0 aliphatic rings. The average Bonchev–Trinajstić information content (AvgIpc) is 3.06. The minimum atomic E-state index is -0.291. The van der Waals surface area contributed by atoms with E-state index in [1.165, 1.54) is 6.20 Å². The molecule has 0 saturated heterocycles. The smallest absolute Gasteiger partial charge is 0.252 e. The van der Waals surface area contributed by atoms with E-state index in [1.807, 2.05) is 30.3 Å². The van der Waals surface area contributed by atoms with Gasteiger partial charge in [0.25, 0.3) is 5.91 Å². The zero-order valence-electron chi connectivity index (χ0n) is 14.3. The maximum atomic E-state index is 11.8. The van der Waals surface area contributed by atoms with Gasteiger partial charge in [0.2, 0.25) is 5.88 Å². The second-order valence-electron chi connectivity index (χ2n) is 5.53. The largest absolute Gasteiger partial charge is 0.471 e. The van der Waals surface area contributed by atoms with Crippen LogP contribution < -0.4 is 10.1 Å². The molecule has 0 aliphatic heterocycles. The third kappa shape index (κ3) is 4.04. The van der Waals surface area contributed by atoms with Crippen LogP contribution in [0.1, 0.15) is 16.1 Å². The SMILES string of the molecule is Cn1nnc(-c2ccccc2)c1COc1ccc(C(=O)NCCO)cn1. The lowest BCUT2D eigenvalue weighted by molar-refractivity contribution is 0.0944. The van der Waals surface area contributed by atoms with Gasteiger partial charge in [0.1, 0.15) is 18.0 Å². The molecule has 8 nitrogen and oxygen atoms in total. The molecule has 0 aliphatic carbocycles. The number of carbonyl (C=O) groups excluding carboxylic acids is 1. The van der Waals surface area contributed by atoms with Crippen molar-refractivity contribution in [2.24, 2.45) is 7.05 Å². The Morgan fingerprint density at radius 1 is 1.23 bits per heavy atom. The van der Waals surface area contributed by atoms with Gasteiger partial charge in [-0.1, -0.05) is 35.5 Å². The Kier molecular flexibility index (Phi) is 5.55. The summed E-state index contributed by atoms with van der Waals surface area (Å²) in [6, 6.07) is 13.0. The van der Waals surface area contributed by atoms with Crippen molar-refractivity contribution < 1.29 is 14.6 Å². The topological polar surface area (TPSA) is 102 Å². The number of aliphatic hydroxyl groups excluding tert-OH is 1. The molecule has 0 bridgehead atoms. The minimum Gasteiger partial charge on any atom is -0.471 e. The number of nitrogens with one attached hydrogen (secondary N) is 1. The summed E-state index contributed by atoms with van der Waals surface area (Å²) in [5, 5.41) is 19.6. The molecule has 0 atom stereocenters. The molecule has 0 radical (unpaired) electrons. The number of aromatic nitrogens is 4. The van der Waals surface area contributed by atoms with Gasteiger partial charge in [0.05, 0.1) is 12.2 Å². The second kappa shape index (κ2) is 8.21. The first-order valence-electron chi connectivity index (χ1n) is 8.11. The van der Waals surface area contributed by atoms with Crippen LogP contribution in [-0.4, -0.2) is 44.1 Å². The molecule has 0 fully saturated rings. The monoisotopic (exact) mass is 353 g/mol. The Hall–Kier alpha value is -3.26. The molecule has 3 aromatic rings. The van der Waals surface area contributed by atoms with Crippen LogP contribution in [0.15, 0.2) is 48.7 Å². The zero-order chi connectivity index (χ0) is 18.4. The van der Waals surface area contributed by atoms with E-state index in [2.05, 4.69) is 20.6 Å². The summed E-state index contributed by atoms with van der Waals surface area (Å²) in [4.78, 5) is 15.9. The molecule has 1 aromatic carbocycles. The van der Waals surface area contributed by atoms with E-state index < -0.39 is 0 Å². The van der Waals surface area contributed by atoms with Crippen molar-refractivity contribution in [3.8, 4) is 17.1 Å². The molecule has 1 amide bonds. The lowest BCUT2D eigenvalue weighted by atomic mass is 10.1. The van der Waals surface area contributed by atoms with Crippen LogP contribution in [0.5, 0.6) is 5.88 Å². The summed E-state index contributed by atoms with van der Waals surface area (Å²) in [7, 11) is 1.81. The Balaban J connectivity index is 1.68. The summed E-state index contributed by atoms with van der Waals surface area (Å²) in [5.74, 6) is 0.101. The maximum absolute atomic E-state index is 11.8. The van der Waals surface area contributed by atoms with E-state index >= 15 is 0 Å². The van der Waals surface area contributed by atoms with Gasteiger partial charge in [-0.15, -0.1) is 5.10 Å². The van der Waals surface area contributed by atoms with Gasteiger partial charge in [0, 0.05) is 31.4 Å². The summed E-state index contributed by atoms with van der Waals surface area (Å²) in [5.41, 5.74) is 2.94. The highest BCUT2D eigenvalue weighted by Gasteiger charge is 2.14. The molecule has 26 heavy (non-hydrogen) atoms. The van der Waals surface area contributed by atoms with E-state index in [9.17, 15) is 4.79 Å². The van der Waals surface area contributed by atoms with E-state index in [-0.39, 0.29) is 25.7 Å². The van der Waals surface area contributed by atoms with Crippen molar-refractivity contribution in [3.05, 3.63) is 59.9 Å². The van der Waals surface area contributed by atoms with Crippen molar-refractivity contribution in [3.63, 3.8) is 0 Å². The molecule has 2 N–H and O–H groups in total. The van der Waals surface area contributed by atoms with Gasteiger partial charge in [-0.25, -0.2) is 9.67 Å². The highest BCUT2D eigenvalue weighted by atomic mass is 16.5. The molecule has 0 saturated carbocycles. The number of carbonyl (C=O) groups is 1. The standard InChI is InChI=1S/C18H19N5O3/c1-23-15(17(21-22-23)13-5-3-2-4-6-13)12-26-16-8-7-14(11-20-16)18(25)19-9-10-24/h2-8,11,24H,9-10,12H2,1H3,(H,19,25). The number of nitrogens with zero attached hydrogens (tertiary/aromatic N) is 4. The third-order valence-electron chi connectivity index (χ3n) is 3.74. The number of ether oxygens (including phenoxy) is 1. The predicted octanol–water partition coefficient (Wildman–Crippen LogP) is 1.18. The Morgan fingerprint density at radius 3 is 2.73 bits per heavy atom. The zero-order valence-corrected chi connectivity index (χ0v) is 14.3. The number of rotatable bonds is 7. The normalized spacial score (nSPS) is 10.5. The quantitative estimate of drug-likeness (QED) is 0.661. The Bertz CT molecular complexity index is 862. The Labute approximate surface area is 150 Å². The fourth-order valence-electron chi connectivity index (χ4n) is 2.37. The lowest BCUT2D eigenvalue weighted by Crippen LogP contribution is -2.26. The Morgan fingerprint density at radius 2 is 2.04 bits per heavy atom. The molecule has 2 heterocycles. The maximum Gasteiger partial charge on any atom is 0.252 e. The van der Waals surface area contributed by atoms with Crippen molar-refractivity contribution >= 4 is 5.91 Å². The number of hydrogen-bond donors (Lipinski definition) is 2. The highest BCUT2D eigenvalue weighted by molar-refractivity contribution is 5.93.